The lowest BCUT2D eigenvalue weighted by atomic mass is 10.4. The minimum Gasteiger partial charge on any atom is -1.00 e. The standard InChI is InChI=1S/C9H18NO3.ClH/c1-4-9(12)13-8-10(2,3)6-5-7-11;/h4,11H,1,5-8H2,2-3H3;1H/q+1;/p-1. The van der Waals surface area contributed by atoms with Crippen LogP contribution in [-0.2, 0) is 9.53 Å². The number of ether oxygens (including phenoxy) is 1. The van der Waals surface area contributed by atoms with Crippen LogP contribution >= 0.6 is 0 Å². The van der Waals surface area contributed by atoms with Crippen molar-refractivity contribution in [3.63, 3.8) is 0 Å². The second-order valence-corrected chi connectivity index (χ2v) is 3.53. The van der Waals surface area contributed by atoms with Crippen molar-refractivity contribution in [1.82, 2.24) is 0 Å². The molecule has 0 aliphatic rings. The maximum atomic E-state index is 10.7. The van der Waals surface area contributed by atoms with Crippen molar-refractivity contribution in [2.45, 2.75) is 6.42 Å². The molecule has 0 aliphatic carbocycles. The number of halogens is 1. The Hall–Kier alpha value is -0.580. The highest BCUT2D eigenvalue weighted by atomic mass is 35.5. The van der Waals surface area contributed by atoms with Gasteiger partial charge in [0.15, 0.2) is 0 Å². The molecule has 0 saturated heterocycles. The number of aliphatic hydroxyl groups is 1. The molecule has 0 radical (unpaired) electrons. The zero-order chi connectivity index (χ0) is 10.3. The molecular formula is C9H18ClNO3. The van der Waals surface area contributed by atoms with E-state index in [1.807, 2.05) is 14.1 Å². The van der Waals surface area contributed by atoms with E-state index in [0.717, 1.165) is 12.6 Å². The summed E-state index contributed by atoms with van der Waals surface area (Å²) in [4.78, 5) is 10.7. The van der Waals surface area contributed by atoms with Crippen molar-refractivity contribution in [2.75, 3.05) is 34.0 Å². The molecule has 0 bridgehead atoms. The molecule has 0 spiro atoms. The summed E-state index contributed by atoms with van der Waals surface area (Å²) in [5.74, 6) is -0.407. The van der Waals surface area contributed by atoms with Crippen LogP contribution < -0.4 is 12.4 Å². The number of carbonyl (C=O) groups excluding carboxylic acids is 1. The van der Waals surface area contributed by atoms with E-state index < -0.39 is 5.97 Å². The number of aliphatic hydroxyl groups excluding tert-OH is 1. The number of rotatable bonds is 6. The van der Waals surface area contributed by atoms with Gasteiger partial charge in [-0.3, -0.25) is 4.48 Å². The highest BCUT2D eigenvalue weighted by molar-refractivity contribution is 5.81. The second kappa shape index (κ2) is 7.79. The zero-order valence-corrected chi connectivity index (χ0v) is 9.46. The molecule has 5 heteroatoms. The minimum atomic E-state index is -0.407. The average Bonchev–Trinajstić information content (AvgIpc) is 2.11. The number of nitrogens with zero attached hydrogens (tertiary/aromatic N) is 1. The van der Waals surface area contributed by atoms with E-state index in [4.69, 9.17) is 9.84 Å². The first-order valence-electron chi connectivity index (χ1n) is 4.24. The molecule has 0 aromatic heterocycles. The van der Waals surface area contributed by atoms with E-state index in [1.54, 1.807) is 0 Å². The maximum Gasteiger partial charge on any atom is 0.334 e. The number of hydrogen-bond acceptors (Lipinski definition) is 3. The Morgan fingerprint density at radius 1 is 1.57 bits per heavy atom. The minimum absolute atomic E-state index is 0. The molecule has 0 saturated carbocycles. The summed E-state index contributed by atoms with van der Waals surface area (Å²) in [6.45, 7) is 4.55. The third-order valence-electron chi connectivity index (χ3n) is 1.64. The highest BCUT2D eigenvalue weighted by Crippen LogP contribution is 1.99. The normalized spacial score (nSPS) is 10.2. The van der Waals surface area contributed by atoms with Gasteiger partial charge in [0.2, 0.25) is 6.73 Å². The summed E-state index contributed by atoms with van der Waals surface area (Å²) < 4.78 is 5.44. The van der Waals surface area contributed by atoms with Crippen molar-refractivity contribution in [2.24, 2.45) is 0 Å². The monoisotopic (exact) mass is 223 g/mol. The third-order valence-corrected chi connectivity index (χ3v) is 1.64. The fraction of sp³-hybridized carbons (Fsp3) is 0.667. The summed E-state index contributed by atoms with van der Waals surface area (Å²) in [6.07, 6.45) is 1.85. The van der Waals surface area contributed by atoms with E-state index >= 15 is 0 Å². The Kier molecular flexibility index (Phi) is 8.83. The molecule has 0 aromatic rings. The van der Waals surface area contributed by atoms with Gasteiger partial charge < -0.3 is 22.3 Å². The van der Waals surface area contributed by atoms with E-state index in [9.17, 15) is 4.79 Å². The number of esters is 1. The van der Waals surface area contributed by atoms with Gasteiger partial charge in [-0.1, -0.05) is 6.58 Å². The van der Waals surface area contributed by atoms with E-state index in [-0.39, 0.29) is 19.0 Å². The molecule has 0 unspecified atom stereocenters. The van der Waals surface area contributed by atoms with E-state index in [0.29, 0.717) is 17.6 Å². The molecular weight excluding hydrogens is 206 g/mol. The van der Waals surface area contributed by atoms with Gasteiger partial charge in [0.25, 0.3) is 0 Å². The number of carbonyl (C=O) groups is 1. The summed E-state index contributed by atoms with van der Waals surface area (Å²) in [5.41, 5.74) is 0. The Morgan fingerprint density at radius 3 is 2.57 bits per heavy atom. The van der Waals surface area contributed by atoms with E-state index in [2.05, 4.69) is 6.58 Å². The zero-order valence-electron chi connectivity index (χ0n) is 8.70. The molecule has 14 heavy (non-hydrogen) atoms. The Morgan fingerprint density at radius 2 is 2.14 bits per heavy atom. The molecule has 0 amide bonds. The van der Waals surface area contributed by atoms with Gasteiger partial charge in [-0.15, -0.1) is 0 Å². The first-order valence-corrected chi connectivity index (χ1v) is 4.24. The predicted octanol–water partition coefficient (Wildman–Crippen LogP) is -2.86. The number of hydrogen-bond donors (Lipinski definition) is 1. The first-order chi connectivity index (χ1) is 6.02. The molecule has 0 rings (SSSR count). The average molecular weight is 224 g/mol. The first kappa shape index (κ1) is 15.9. The van der Waals surface area contributed by atoms with Crippen LogP contribution in [-0.4, -0.2) is 49.5 Å². The van der Waals surface area contributed by atoms with Gasteiger partial charge in [0, 0.05) is 19.1 Å². The maximum absolute atomic E-state index is 10.7. The summed E-state index contributed by atoms with van der Waals surface area (Å²) in [7, 11) is 3.87. The van der Waals surface area contributed by atoms with Crippen LogP contribution in [0.4, 0.5) is 0 Å². The van der Waals surface area contributed by atoms with Crippen LogP contribution in [0.25, 0.3) is 0 Å². The lowest BCUT2D eigenvalue weighted by Crippen LogP contribution is -3.00. The van der Waals surface area contributed by atoms with Gasteiger partial charge in [0.1, 0.15) is 0 Å². The Balaban J connectivity index is 0. The lowest BCUT2D eigenvalue weighted by Gasteiger charge is -2.28. The fourth-order valence-electron chi connectivity index (χ4n) is 0.861. The van der Waals surface area contributed by atoms with Crippen molar-refractivity contribution >= 4 is 5.97 Å². The van der Waals surface area contributed by atoms with Gasteiger partial charge in [0.05, 0.1) is 20.6 Å². The molecule has 0 aliphatic heterocycles. The van der Waals surface area contributed by atoms with E-state index in [1.165, 1.54) is 0 Å². The molecule has 84 valence electrons. The Labute approximate surface area is 91.2 Å². The predicted molar refractivity (Wildman–Crippen MR) is 49.8 cm³/mol. The molecule has 0 fully saturated rings. The van der Waals surface area contributed by atoms with Crippen molar-refractivity contribution in [3.8, 4) is 0 Å². The summed E-state index contributed by atoms with van der Waals surface area (Å²) in [5, 5.41) is 8.62. The highest BCUT2D eigenvalue weighted by Gasteiger charge is 2.15. The van der Waals surface area contributed by atoms with Crippen LogP contribution in [0, 0.1) is 0 Å². The quantitative estimate of drug-likeness (QED) is 0.228. The number of quaternary nitrogens is 1. The smallest absolute Gasteiger partial charge is 0.334 e. The van der Waals surface area contributed by atoms with Crippen LogP contribution in [0.1, 0.15) is 6.42 Å². The van der Waals surface area contributed by atoms with Crippen molar-refractivity contribution < 1.29 is 31.5 Å². The van der Waals surface area contributed by atoms with Crippen LogP contribution in [0.2, 0.25) is 0 Å². The van der Waals surface area contributed by atoms with Crippen molar-refractivity contribution in [1.29, 1.82) is 0 Å². The van der Waals surface area contributed by atoms with Crippen LogP contribution in [0.3, 0.4) is 0 Å². The third kappa shape index (κ3) is 8.04. The van der Waals surface area contributed by atoms with Crippen LogP contribution in [0.15, 0.2) is 12.7 Å². The SMILES string of the molecule is C=CC(=O)OC[N+](C)(C)CCCO.[Cl-]. The van der Waals surface area contributed by atoms with Crippen LogP contribution in [0.5, 0.6) is 0 Å². The molecule has 0 atom stereocenters. The van der Waals surface area contributed by atoms with Gasteiger partial charge in [-0.05, 0) is 0 Å². The Bertz CT molecular complexity index is 183. The second-order valence-electron chi connectivity index (χ2n) is 3.53. The van der Waals surface area contributed by atoms with Gasteiger partial charge >= 0.3 is 5.97 Å². The molecule has 1 N–H and O–H groups in total. The molecule has 0 aromatic carbocycles. The van der Waals surface area contributed by atoms with Gasteiger partial charge in [-0.25, -0.2) is 4.79 Å². The summed E-state index contributed by atoms with van der Waals surface area (Å²) >= 11 is 0. The van der Waals surface area contributed by atoms with Crippen molar-refractivity contribution in [3.05, 3.63) is 12.7 Å². The lowest BCUT2D eigenvalue weighted by molar-refractivity contribution is -0.907. The largest absolute Gasteiger partial charge is 1.00 e. The molecule has 0 heterocycles. The fourth-order valence-corrected chi connectivity index (χ4v) is 0.861. The topological polar surface area (TPSA) is 46.5 Å². The summed E-state index contributed by atoms with van der Waals surface area (Å²) in [6, 6.07) is 0. The molecule has 4 nitrogen and oxygen atoms in total. The van der Waals surface area contributed by atoms with Gasteiger partial charge in [-0.2, -0.15) is 0 Å².